The summed E-state index contributed by atoms with van der Waals surface area (Å²) in [5.74, 6) is 0. The second-order valence-corrected chi connectivity index (χ2v) is 7.60. The Bertz CT molecular complexity index is 510. The summed E-state index contributed by atoms with van der Waals surface area (Å²) in [4.78, 5) is 5.07. The van der Waals surface area contributed by atoms with Crippen molar-refractivity contribution in [1.29, 1.82) is 0 Å². The Labute approximate surface area is 130 Å². The van der Waals surface area contributed by atoms with Gasteiger partial charge in [0.25, 0.3) is 0 Å². The monoisotopic (exact) mass is 413 g/mol. The molecule has 0 bridgehead atoms. The molecule has 2 aromatic rings. The predicted molar refractivity (Wildman–Crippen MR) is 81.3 cm³/mol. The van der Waals surface area contributed by atoms with Gasteiger partial charge >= 0.3 is 0 Å². The number of hydrogen-bond acceptors (Lipinski definition) is 2. The van der Waals surface area contributed by atoms with E-state index in [1.165, 1.54) is 0 Å². The number of hydrogen-bond donors (Lipinski definition) is 0. The Morgan fingerprint density at radius 3 is 2.76 bits per heavy atom. The van der Waals surface area contributed by atoms with E-state index in [1.807, 2.05) is 12.1 Å². The fourth-order valence-corrected chi connectivity index (χ4v) is 4.01. The molecule has 6 heteroatoms. The molecular weight excluding hydrogens is 409 g/mol. The maximum Gasteiger partial charge on any atom is 0.0843 e. The molecule has 2 rings (SSSR count). The van der Waals surface area contributed by atoms with Crippen molar-refractivity contribution in [3.63, 3.8) is 0 Å². The highest BCUT2D eigenvalue weighted by Gasteiger charge is 2.15. The molecule has 2 aromatic heterocycles. The van der Waals surface area contributed by atoms with Crippen molar-refractivity contribution >= 4 is 66.4 Å². The minimum atomic E-state index is -0.0810. The number of thiophene rings is 1. The van der Waals surface area contributed by atoms with E-state index in [1.54, 1.807) is 23.7 Å². The topological polar surface area (TPSA) is 12.9 Å². The maximum atomic E-state index is 6.39. The minimum absolute atomic E-state index is 0.0810. The molecule has 0 aliphatic heterocycles. The van der Waals surface area contributed by atoms with Crippen molar-refractivity contribution in [3.8, 4) is 0 Å². The smallest absolute Gasteiger partial charge is 0.0843 e. The van der Waals surface area contributed by atoms with E-state index < -0.39 is 0 Å². The van der Waals surface area contributed by atoms with Crippen LogP contribution in [0.2, 0.25) is 5.02 Å². The number of alkyl halides is 1. The van der Waals surface area contributed by atoms with Gasteiger partial charge in [0.2, 0.25) is 0 Å². The molecular formula is C11H7Br2Cl2NS. The summed E-state index contributed by atoms with van der Waals surface area (Å²) in [5.41, 5.74) is 1.02. The van der Waals surface area contributed by atoms with Gasteiger partial charge in [-0.25, -0.2) is 0 Å². The first-order valence-electron chi connectivity index (χ1n) is 4.75. The van der Waals surface area contributed by atoms with Gasteiger partial charge in [0, 0.05) is 21.7 Å². The number of nitrogens with zero attached hydrogens (tertiary/aromatic N) is 1. The highest BCUT2D eigenvalue weighted by atomic mass is 79.9. The van der Waals surface area contributed by atoms with E-state index in [9.17, 15) is 0 Å². The molecule has 0 aromatic carbocycles. The fourth-order valence-electron chi connectivity index (χ4n) is 1.38. The maximum absolute atomic E-state index is 6.39. The van der Waals surface area contributed by atoms with Crippen molar-refractivity contribution in [2.45, 2.75) is 11.8 Å². The quantitative estimate of drug-likeness (QED) is 0.573. The molecule has 2 heterocycles. The fraction of sp³-hybridized carbons (Fsp3) is 0.182. The lowest BCUT2D eigenvalue weighted by atomic mass is 10.1. The van der Waals surface area contributed by atoms with E-state index in [4.69, 9.17) is 23.2 Å². The first kappa shape index (κ1) is 13.8. The zero-order valence-corrected chi connectivity index (χ0v) is 14.0. The Balaban J connectivity index is 2.17. The second kappa shape index (κ2) is 6.02. The van der Waals surface area contributed by atoms with E-state index in [0.29, 0.717) is 11.4 Å². The van der Waals surface area contributed by atoms with Crippen LogP contribution in [0.15, 0.2) is 32.8 Å². The molecule has 90 valence electrons. The molecule has 0 spiro atoms. The van der Waals surface area contributed by atoms with E-state index in [-0.39, 0.29) is 5.38 Å². The van der Waals surface area contributed by atoms with Crippen molar-refractivity contribution in [3.05, 3.63) is 48.2 Å². The molecule has 1 atom stereocenters. The first-order valence-corrected chi connectivity index (χ1v) is 7.97. The SMILES string of the molecule is Clc1cnccc1CC(Cl)c1cc(Br)c(Br)s1. The molecule has 0 saturated carbocycles. The minimum Gasteiger partial charge on any atom is -0.263 e. The molecule has 17 heavy (non-hydrogen) atoms. The summed E-state index contributed by atoms with van der Waals surface area (Å²) in [6, 6.07) is 3.93. The lowest BCUT2D eigenvalue weighted by Crippen LogP contribution is -1.94. The summed E-state index contributed by atoms with van der Waals surface area (Å²) < 4.78 is 2.09. The summed E-state index contributed by atoms with van der Waals surface area (Å²) in [5, 5.41) is 0.579. The number of rotatable bonds is 3. The molecule has 0 N–H and O–H groups in total. The average Bonchev–Trinajstić information content (AvgIpc) is 2.63. The standard InChI is InChI=1S/C11H7Br2Cl2NS/c12-7-4-10(17-11(7)13)8(14)3-6-1-2-16-5-9(6)15/h1-2,4-5,8H,3H2. The van der Waals surface area contributed by atoms with Crippen molar-refractivity contribution < 1.29 is 0 Å². The average molecular weight is 416 g/mol. The van der Waals surface area contributed by atoms with Crippen LogP contribution < -0.4 is 0 Å². The third-order valence-corrected chi connectivity index (χ3v) is 6.46. The van der Waals surface area contributed by atoms with Crippen LogP contribution in [0.3, 0.4) is 0 Å². The summed E-state index contributed by atoms with van der Waals surface area (Å²) in [7, 11) is 0. The predicted octanol–water partition coefficient (Wildman–Crippen LogP) is 5.84. The van der Waals surface area contributed by atoms with Crippen LogP contribution in [0.1, 0.15) is 15.8 Å². The van der Waals surface area contributed by atoms with Gasteiger partial charge in [0.05, 0.1) is 14.2 Å². The van der Waals surface area contributed by atoms with Crippen molar-refractivity contribution in [1.82, 2.24) is 4.98 Å². The van der Waals surface area contributed by atoms with Gasteiger partial charge in [0.15, 0.2) is 0 Å². The lowest BCUT2D eigenvalue weighted by Gasteiger charge is -2.08. The molecule has 1 unspecified atom stereocenters. The molecule has 0 saturated heterocycles. The Hall–Kier alpha value is 0.390. The number of halogens is 4. The van der Waals surface area contributed by atoms with Crippen LogP contribution in [0, 0.1) is 0 Å². The van der Waals surface area contributed by atoms with Crippen LogP contribution in [0.4, 0.5) is 0 Å². The van der Waals surface area contributed by atoms with E-state index in [2.05, 4.69) is 36.8 Å². The van der Waals surface area contributed by atoms with Crippen LogP contribution >= 0.6 is 66.4 Å². The van der Waals surface area contributed by atoms with Gasteiger partial charge in [-0.1, -0.05) is 11.6 Å². The molecule has 1 nitrogen and oxygen atoms in total. The van der Waals surface area contributed by atoms with Crippen LogP contribution in [0.5, 0.6) is 0 Å². The van der Waals surface area contributed by atoms with E-state index >= 15 is 0 Å². The van der Waals surface area contributed by atoms with E-state index in [0.717, 1.165) is 18.7 Å². The van der Waals surface area contributed by atoms with Gasteiger partial charge in [-0.2, -0.15) is 0 Å². The van der Waals surface area contributed by atoms with Gasteiger partial charge in [-0.05, 0) is 56.0 Å². The first-order chi connectivity index (χ1) is 8.08. The third-order valence-electron chi connectivity index (χ3n) is 2.23. The zero-order chi connectivity index (χ0) is 12.4. The summed E-state index contributed by atoms with van der Waals surface area (Å²) in [6.45, 7) is 0. The Morgan fingerprint density at radius 1 is 1.41 bits per heavy atom. The number of aromatic nitrogens is 1. The Morgan fingerprint density at radius 2 is 2.18 bits per heavy atom. The molecule has 0 aliphatic carbocycles. The van der Waals surface area contributed by atoms with Gasteiger partial charge in [-0.15, -0.1) is 22.9 Å². The second-order valence-electron chi connectivity index (χ2n) is 3.41. The zero-order valence-electron chi connectivity index (χ0n) is 8.46. The Kier molecular flexibility index (Phi) is 4.89. The lowest BCUT2D eigenvalue weighted by molar-refractivity contribution is 0.935. The number of pyridine rings is 1. The normalized spacial score (nSPS) is 12.7. The molecule has 0 amide bonds. The molecule has 0 aliphatic rings. The third kappa shape index (κ3) is 3.44. The van der Waals surface area contributed by atoms with Gasteiger partial charge in [0.1, 0.15) is 0 Å². The van der Waals surface area contributed by atoms with Crippen molar-refractivity contribution in [2.24, 2.45) is 0 Å². The van der Waals surface area contributed by atoms with Crippen LogP contribution in [-0.4, -0.2) is 4.98 Å². The van der Waals surface area contributed by atoms with Gasteiger partial charge < -0.3 is 0 Å². The summed E-state index contributed by atoms with van der Waals surface area (Å²) >= 11 is 21.0. The largest absolute Gasteiger partial charge is 0.263 e. The highest BCUT2D eigenvalue weighted by molar-refractivity contribution is 9.13. The summed E-state index contributed by atoms with van der Waals surface area (Å²) in [6.07, 6.45) is 4.06. The van der Waals surface area contributed by atoms with Crippen LogP contribution in [-0.2, 0) is 6.42 Å². The highest BCUT2D eigenvalue weighted by Crippen LogP contribution is 2.39. The molecule has 0 fully saturated rings. The van der Waals surface area contributed by atoms with Crippen LogP contribution in [0.25, 0.3) is 0 Å². The van der Waals surface area contributed by atoms with Crippen molar-refractivity contribution in [2.75, 3.05) is 0 Å². The molecule has 0 radical (unpaired) electrons. The van der Waals surface area contributed by atoms with Gasteiger partial charge in [-0.3, -0.25) is 4.98 Å².